The first-order valence-corrected chi connectivity index (χ1v) is 11.2. The highest BCUT2D eigenvalue weighted by molar-refractivity contribution is 7.92. The lowest BCUT2D eigenvalue weighted by Crippen LogP contribution is -2.15. The molecule has 2 aromatic carbocycles. The summed E-state index contributed by atoms with van der Waals surface area (Å²) in [5.74, 6) is 0.480. The van der Waals surface area contributed by atoms with Crippen molar-refractivity contribution in [1.82, 2.24) is 0 Å². The zero-order chi connectivity index (χ0) is 21.5. The fourth-order valence-corrected chi connectivity index (χ4v) is 5.38. The highest BCUT2D eigenvalue weighted by Gasteiger charge is 2.23. The van der Waals surface area contributed by atoms with Crippen LogP contribution in [0.15, 0.2) is 63.9 Å². The second-order valence-corrected chi connectivity index (χ2v) is 9.37. The molecule has 30 heavy (non-hydrogen) atoms. The first kappa shape index (κ1) is 20.0. The van der Waals surface area contributed by atoms with Crippen molar-refractivity contribution in [2.75, 3.05) is 4.72 Å². The molecule has 154 valence electrons. The Labute approximate surface area is 176 Å². The second kappa shape index (κ2) is 7.51. The maximum Gasteiger partial charge on any atom is 0.512 e. The Kier molecular flexibility index (Phi) is 5.00. The van der Waals surface area contributed by atoms with E-state index in [-0.39, 0.29) is 15.6 Å². The molecular formula is C21H17NO6S2. The van der Waals surface area contributed by atoms with Gasteiger partial charge in [-0.15, -0.1) is 0 Å². The summed E-state index contributed by atoms with van der Waals surface area (Å²) in [7, 11) is -3.96. The molecule has 2 aromatic heterocycles. The first-order chi connectivity index (χ1) is 14.2. The number of thiophene rings is 1. The molecule has 4 rings (SSSR count). The van der Waals surface area contributed by atoms with Gasteiger partial charge in [-0.25, -0.2) is 13.2 Å². The van der Waals surface area contributed by atoms with Crippen molar-refractivity contribution in [3.05, 3.63) is 65.7 Å². The van der Waals surface area contributed by atoms with Crippen LogP contribution in [0, 0.1) is 13.8 Å². The smallest absolute Gasteiger partial charge is 0.455 e. The van der Waals surface area contributed by atoms with E-state index in [1.54, 1.807) is 25.1 Å². The van der Waals surface area contributed by atoms with Crippen LogP contribution in [0.25, 0.3) is 21.6 Å². The van der Waals surface area contributed by atoms with Gasteiger partial charge in [0.2, 0.25) is 5.06 Å². The van der Waals surface area contributed by atoms with Gasteiger partial charge in [-0.2, -0.15) is 0 Å². The third kappa shape index (κ3) is 3.89. The lowest BCUT2D eigenvalue weighted by Gasteiger charge is -2.10. The van der Waals surface area contributed by atoms with Crippen LogP contribution in [-0.2, 0) is 10.0 Å². The largest absolute Gasteiger partial charge is 0.512 e. The number of anilines is 1. The molecule has 0 fully saturated rings. The van der Waals surface area contributed by atoms with Crippen LogP contribution >= 0.6 is 11.3 Å². The maximum absolute atomic E-state index is 12.9. The predicted molar refractivity (Wildman–Crippen MR) is 115 cm³/mol. The normalized spacial score (nSPS) is 11.5. The SMILES string of the molecule is Cc1ccc(S(=O)(=O)Nc2cc(-c3cc4ccccc4o3)sc2OC(=O)O)c(C)c1. The Hall–Kier alpha value is -3.30. The number of hydrogen-bond acceptors (Lipinski definition) is 6. The molecule has 7 nitrogen and oxygen atoms in total. The van der Waals surface area contributed by atoms with Gasteiger partial charge in [0.25, 0.3) is 10.0 Å². The summed E-state index contributed by atoms with van der Waals surface area (Å²) in [6, 6.07) is 15.7. The molecule has 0 radical (unpaired) electrons. The minimum atomic E-state index is -3.96. The molecule has 0 aliphatic heterocycles. The molecule has 0 saturated carbocycles. The van der Waals surface area contributed by atoms with E-state index in [1.807, 2.05) is 31.2 Å². The summed E-state index contributed by atoms with van der Waals surface area (Å²) in [6.45, 7) is 3.57. The standard InChI is InChI=1S/C21H17NO6S2/c1-12-7-8-19(13(2)9-12)30(25,26)22-15-11-18(29-20(15)28-21(23)24)17-10-14-5-3-4-6-16(14)27-17/h3-11,22H,1-2H3,(H,23,24). The monoisotopic (exact) mass is 443 g/mol. The van der Waals surface area contributed by atoms with Gasteiger partial charge in [-0.3, -0.25) is 4.72 Å². The van der Waals surface area contributed by atoms with E-state index in [2.05, 4.69) is 4.72 Å². The molecule has 0 amide bonds. The molecule has 2 heterocycles. The van der Waals surface area contributed by atoms with Gasteiger partial charge in [-0.1, -0.05) is 47.2 Å². The van der Waals surface area contributed by atoms with Crippen molar-refractivity contribution in [1.29, 1.82) is 0 Å². The lowest BCUT2D eigenvalue weighted by atomic mass is 10.2. The summed E-state index contributed by atoms with van der Waals surface area (Å²) in [6.07, 6.45) is -1.54. The molecule has 0 spiro atoms. The minimum absolute atomic E-state index is 0.0258. The number of carboxylic acid groups (broad SMARTS) is 1. The van der Waals surface area contributed by atoms with Crippen LogP contribution in [0.2, 0.25) is 0 Å². The first-order valence-electron chi connectivity index (χ1n) is 8.86. The summed E-state index contributed by atoms with van der Waals surface area (Å²) < 4.78 is 38.9. The van der Waals surface area contributed by atoms with E-state index < -0.39 is 16.2 Å². The van der Waals surface area contributed by atoms with Crippen molar-refractivity contribution in [2.24, 2.45) is 0 Å². The van der Waals surface area contributed by atoms with E-state index in [1.165, 1.54) is 12.1 Å². The molecule has 0 aliphatic carbocycles. The Morgan fingerprint density at radius 2 is 1.87 bits per heavy atom. The van der Waals surface area contributed by atoms with Crippen LogP contribution < -0.4 is 9.46 Å². The molecule has 9 heteroatoms. The average Bonchev–Trinajstić information content (AvgIpc) is 3.24. The number of nitrogens with one attached hydrogen (secondary N) is 1. The number of para-hydroxylation sites is 1. The average molecular weight is 444 g/mol. The Morgan fingerprint density at radius 1 is 1.10 bits per heavy atom. The van der Waals surface area contributed by atoms with Gasteiger partial charge in [0.15, 0.2) is 0 Å². The van der Waals surface area contributed by atoms with Crippen molar-refractivity contribution >= 4 is 44.2 Å². The topological polar surface area (TPSA) is 106 Å². The number of furan rings is 1. The number of fused-ring (bicyclic) bond motifs is 1. The van der Waals surface area contributed by atoms with Crippen molar-refractivity contribution < 1.29 is 27.5 Å². The molecule has 0 unspecified atom stereocenters. The Bertz CT molecular complexity index is 1330. The number of ether oxygens (including phenoxy) is 1. The maximum atomic E-state index is 12.9. The molecule has 4 aromatic rings. The molecule has 0 saturated heterocycles. The van der Waals surface area contributed by atoms with Crippen molar-refractivity contribution in [3.8, 4) is 15.7 Å². The fraction of sp³-hybridized carbons (Fsp3) is 0.0952. The van der Waals surface area contributed by atoms with Crippen molar-refractivity contribution in [3.63, 3.8) is 0 Å². The van der Waals surface area contributed by atoms with E-state index >= 15 is 0 Å². The van der Waals surface area contributed by atoms with Gasteiger partial charge in [0.05, 0.1) is 9.77 Å². The molecule has 0 atom stereocenters. The Morgan fingerprint density at radius 3 is 2.57 bits per heavy atom. The van der Waals surface area contributed by atoms with Gasteiger partial charge in [0, 0.05) is 5.39 Å². The summed E-state index contributed by atoms with van der Waals surface area (Å²) in [4.78, 5) is 11.7. The van der Waals surface area contributed by atoms with Gasteiger partial charge >= 0.3 is 6.16 Å². The number of benzene rings is 2. The highest BCUT2D eigenvalue weighted by Crippen LogP contribution is 2.43. The third-order valence-electron chi connectivity index (χ3n) is 4.41. The van der Waals surface area contributed by atoms with E-state index in [4.69, 9.17) is 14.3 Å². The fourth-order valence-electron chi connectivity index (χ4n) is 3.13. The van der Waals surface area contributed by atoms with E-state index in [0.717, 1.165) is 22.3 Å². The summed E-state index contributed by atoms with van der Waals surface area (Å²) >= 11 is 0.975. The second-order valence-electron chi connectivity index (χ2n) is 6.70. The van der Waals surface area contributed by atoms with Crippen LogP contribution in [0.3, 0.4) is 0 Å². The number of rotatable bonds is 5. The minimum Gasteiger partial charge on any atom is -0.455 e. The summed E-state index contributed by atoms with van der Waals surface area (Å²) in [5.41, 5.74) is 2.21. The molecule has 0 bridgehead atoms. The zero-order valence-corrected chi connectivity index (χ0v) is 17.6. The van der Waals surface area contributed by atoms with Crippen molar-refractivity contribution in [2.45, 2.75) is 18.7 Å². The highest BCUT2D eigenvalue weighted by atomic mass is 32.2. The van der Waals surface area contributed by atoms with Gasteiger partial charge < -0.3 is 14.3 Å². The molecule has 2 N–H and O–H groups in total. The molecular weight excluding hydrogens is 426 g/mol. The van der Waals surface area contributed by atoms with Crippen LogP contribution in [0.4, 0.5) is 10.5 Å². The van der Waals surface area contributed by atoms with Gasteiger partial charge in [-0.05, 0) is 43.7 Å². The lowest BCUT2D eigenvalue weighted by molar-refractivity contribution is 0.146. The zero-order valence-electron chi connectivity index (χ0n) is 16.0. The van der Waals surface area contributed by atoms with Gasteiger partial charge in [0.1, 0.15) is 17.0 Å². The predicted octanol–water partition coefficient (Wildman–Crippen LogP) is 5.64. The van der Waals surface area contributed by atoms with Crippen LogP contribution in [0.1, 0.15) is 11.1 Å². The van der Waals surface area contributed by atoms with E-state index in [9.17, 15) is 13.2 Å². The van der Waals surface area contributed by atoms with E-state index in [0.29, 0.717) is 21.8 Å². The quantitative estimate of drug-likeness (QED) is 0.387. The summed E-state index contributed by atoms with van der Waals surface area (Å²) in [5, 5.41) is 9.84. The Balaban J connectivity index is 1.75. The number of aryl methyl sites for hydroxylation is 2. The number of carbonyl (C=O) groups is 1. The number of sulfonamides is 1. The molecule has 0 aliphatic rings. The number of hydrogen-bond donors (Lipinski definition) is 2. The van der Waals surface area contributed by atoms with Crippen LogP contribution in [0.5, 0.6) is 5.06 Å². The third-order valence-corrected chi connectivity index (χ3v) is 6.96. The van der Waals surface area contributed by atoms with Crippen LogP contribution in [-0.4, -0.2) is 19.7 Å².